The standard InChI is InChI=1S/2C2H2Cl2O2.Al/c2*3-1(4)2(5)6;/h2*1H,(H,5,6);/q;;+3/p-2. The van der Waals surface area contributed by atoms with Crippen molar-refractivity contribution in [3.8, 4) is 0 Å². The van der Waals surface area contributed by atoms with Crippen LogP contribution in [-0.2, 0) is 17.2 Å². The summed E-state index contributed by atoms with van der Waals surface area (Å²) in [6.45, 7) is 0. The van der Waals surface area contributed by atoms with Crippen LogP contribution < -0.4 is 0 Å². The molecule has 9 heteroatoms. The Labute approximate surface area is 101 Å². The molecule has 72 valence electrons. The normalized spacial score (nSPS) is 9.69. The topological polar surface area (TPSA) is 52.6 Å². The van der Waals surface area contributed by atoms with Crippen LogP contribution in [0.1, 0.15) is 0 Å². The summed E-state index contributed by atoms with van der Waals surface area (Å²) in [5.74, 6) is -1.77. The Bertz CT molecular complexity index is 177. The van der Waals surface area contributed by atoms with Gasteiger partial charge in [-0.05, 0) is 0 Å². The van der Waals surface area contributed by atoms with E-state index >= 15 is 0 Å². The van der Waals surface area contributed by atoms with Gasteiger partial charge in [-0.1, -0.05) is 0 Å². The predicted molar refractivity (Wildman–Crippen MR) is 48.9 cm³/mol. The molecule has 0 radical (unpaired) electrons. The Morgan fingerprint density at radius 3 is 1.46 bits per heavy atom. The molecule has 13 heavy (non-hydrogen) atoms. The molecule has 0 aromatic carbocycles. The molecule has 0 aliphatic heterocycles. The average Bonchev–Trinajstić information content (AvgIpc) is 2.03. The first-order chi connectivity index (χ1) is 5.95. The van der Waals surface area contributed by atoms with Crippen molar-refractivity contribution in [2.24, 2.45) is 0 Å². The second-order valence-corrected chi connectivity index (χ2v) is 4.43. The van der Waals surface area contributed by atoms with E-state index < -0.39 is 37.5 Å². The van der Waals surface area contributed by atoms with Crippen LogP contribution >= 0.6 is 46.4 Å². The molecule has 4 nitrogen and oxygen atoms in total. The van der Waals surface area contributed by atoms with Crippen molar-refractivity contribution in [3.63, 3.8) is 0 Å². The zero-order chi connectivity index (χ0) is 10.4. The number of alkyl halides is 4. The first kappa shape index (κ1) is 13.6. The molecule has 0 spiro atoms. The van der Waals surface area contributed by atoms with Gasteiger partial charge < -0.3 is 0 Å². The molecule has 0 saturated carbocycles. The molecule has 0 saturated heterocycles. The Morgan fingerprint density at radius 1 is 0.923 bits per heavy atom. The van der Waals surface area contributed by atoms with Gasteiger partial charge in [0.05, 0.1) is 0 Å². The monoisotopic (exact) mass is 281 g/mol. The zero-order valence-corrected chi connectivity index (χ0v) is 10.1. The van der Waals surface area contributed by atoms with Gasteiger partial charge in [0.15, 0.2) is 0 Å². The van der Waals surface area contributed by atoms with Gasteiger partial charge in [-0.25, -0.2) is 0 Å². The van der Waals surface area contributed by atoms with Gasteiger partial charge in [0.25, 0.3) is 0 Å². The molecule has 0 atom stereocenters. The second kappa shape index (κ2) is 6.99. The zero-order valence-electron chi connectivity index (χ0n) is 5.88. The molecular formula is C4H2AlCl4O4+. The van der Waals surface area contributed by atoms with Crippen LogP contribution in [0.4, 0.5) is 0 Å². The Balaban J connectivity index is 3.57. The second-order valence-electron chi connectivity index (χ2n) is 1.57. The van der Waals surface area contributed by atoms with E-state index in [9.17, 15) is 9.59 Å². The van der Waals surface area contributed by atoms with Crippen LogP contribution in [0.25, 0.3) is 0 Å². The van der Waals surface area contributed by atoms with Gasteiger partial charge in [0, 0.05) is 0 Å². The van der Waals surface area contributed by atoms with Crippen molar-refractivity contribution in [2.45, 2.75) is 9.67 Å². The summed E-state index contributed by atoms with van der Waals surface area (Å²) in [6, 6.07) is 0. The van der Waals surface area contributed by atoms with Crippen LogP contribution in [0.2, 0.25) is 0 Å². The van der Waals surface area contributed by atoms with Gasteiger partial charge in [-0.15, -0.1) is 0 Å². The summed E-state index contributed by atoms with van der Waals surface area (Å²) in [7, 11) is 0. The van der Waals surface area contributed by atoms with Gasteiger partial charge in [0.2, 0.25) is 0 Å². The Morgan fingerprint density at radius 2 is 1.23 bits per heavy atom. The molecule has 0 N–H and O–H groups in total. The van der Waals surface area contributed by atoms with Crippen molar-refractivity contribution in [3.05, 3.63) is 0 Å². The van der Waals surface area contributed by atoms with Crippen molar-refractivity contribution in [2.75, 3.05) is 0 Å². The van der Waals surface area contributed by atoms with Crippen LogP contribution in [0.15, 0.2) is 0 Å². The maximum absolute atomic E-state index is 10.6. The van der Waals surface area contributed by atoms with E-state index in [2.05, 4.69) is 7.58 Å². The van der Waals surface area contributed by atoms with Crippen LogP contribution in [0, 0.1) is 0 Å². The number of halogens is 4. The number of carbonyl (C=O) groups is 2. The van der Waals surface area contributed by atoms with E-state index in [4.69, 9.17) is 46.4 Å². The van der Waals surface area contributed by atoms with Crippen molar-refractivity contribution in [1.82, 2.24) is 0 Å². The molecule has 0 unspecified atom stereocenters. The summed E-state index contributed by atoms with van der Waals surface area (Å²) in [5, 5.41) is 0. The molecule has 0 bridgehead atoms. The summed E-state index contributed by atoms with van der Waals surface area (Å²) in [6.07, 6.45) is 0. The SMILES string of the molecule is O=C([O][Al+][O]C(=O)C(Cl)Cl)C(Cl)Cl. The molecule has 0 rings (SSSR count). The van der Waals surface area contributed by atoms with Gasteiger partial charge in [-0.3, -0.25) is 0 Å². The van der Waals surface area contributed by atoms with Gasteiger partial charge >= 0.3 is 101 Å². The van der Waals surface area contributed by atoms with Gasteiger partial charge in [-0.2, -0.15) is 0 Å². The van der Waals surface area contributed by atoms with E-state index in [1.807, 2.05) is 0 Å². The quantitative estimate of drug-likeness (QED) is 0.575. The average molecular weight is 283 g/mol. The predicted octanol–water partition coefficient (Wildman–Crippen LogP) is 1.21. The summed E-state index contributed by atoms with van der Waals surface area (Å²) in [4.78, 5) is 18.5. The van der Waals surface area contributed by atoms with E-state index in [-0.39, 0.29) is 0 Å². The number of rotatable bonds is 4. The number of hydrogen-bond acceptors (Lipinski definition) is 4. The molecule has 0 aliphatic rings. The van der Waals surface area contributed by atoms with E-state index in [1.165, 1.54) is 0 Å². The van der Waals surface area contributed by atoms with Crippen molar-refractivity contribution >= 4 is 74.2 Å². The van der Waals surface area contributed by atoms with Gasteiger partial charge in [0.1, 0.15) is 0 Å². The van der Waals surface area contributed by atoms with Crippen LogP contribution in [0.3, 0.4) is 0 Å². The molecule has 0 aromatic rings. The van der Waals surface area contributed by atoms with Crippen LogP contribution in [-0.4, -0.2) is 37.5 Å². The fourth-order valence-electron chi connectivity index (χ4n) is 0.222. The van der Waals surface area contributed by atoms with Crippen molar-refractivity contribution in [1.29, 1.82) is 0 Å². The summed E-state index contributed by atoms with van der Waals surface area (Å²) >= 11 is 19.1. The maximum atomic E-state index is 10.6. The third-order valence-electron chi connectivity index (χ3n) is 0.685. The minimum absolute atomic E-state index is 0.883. The third kappa shape index (κ3) is 6.67. The van der Waals surface area contributed by atoms with Crippen LogP contribution in [0.5, 0.6) is 0 Å². The molecule has 0 heterocycles. The van der Waals surface area contributed by atoms with Crippen molar-refractivity contribution < 1.29 is 17.2 Å². The Hall–Kier alpha value is 0.632. The van der Waals surface area contributed by atoms with E-state index in [0.29, 0.717) is 0 Å². The Kier molecular flexibility index (Phi) is 7.34. The first-order valence-corrected chi connectivity index (χ1v) is 5.43. The molecule has 0 amide bonds. The molecular weight excluding hydrogens is 281 g/mol. The number of hydrogen-bond donors (Lipinski definition) is 0. The van der Waals surface area contributed by atoms with E-state index in [0.717, 1.165) is 0 Å². The summed E-state index contributed by atoms with van der Waals surface area (Å²) < 4.78 is 8.69. The molecule has 0 aromatic heterocycles. The first-order valence-electron chi connectivity index (χ1n) is 2.74. The number of carbonyl (C=O) groups excluding carboxylic acids is 2. The van der Waals surface area contributed by atoms with E-state index in [1.54, 1.807) is 0 Å². The fourth-order valence-corrected chi connectivity index (χ4v) is 1.28. The fraction of sp³-hybridized carbons (Fsp3) is 0.500. The minimum atomic E-state index is -1.33. The molecule has 0 aliphatic carbocycles. The third-order valence-corrected chi connectivity index (χ3v) is 2.05. The summed E-state index contributed by atoms with van der Waals surface area (Å²) in [5.41, 5.74) is 0. The molecule has 0 fully saturated rings.